The number of rotatable bonds is 37. The van der Waals surface area contributed by atoms with Gasteiger partial charge in [0.05, 0.1) is 62.7 Å². The van der Waals surface area contributed by atoms with Crippen LogP contribution in [0.4, 0.5) is 22.0 Å². The van der Waals surface area contributed by atoms with Gasteiger partial charge in [0.15, 0.2) is 24.8 Å². The molecule has 0 fully saturated rings. The lowest BCUT2D eigenvalue weighted by atomic mass is 10.1. The molecule has 25 nitrogen and oxygen atoms in total. The van der Waals surface area contributed by atoms with Crippen molar-refractivity contribution in [2.24, 2.45) is 25.5 Å². The maximum absolute atomic E-state index is 13.7. The summed E-state index contributed by atoms with van der Waals surface area (Å²) in [4.78, 5) is 17.7. The molecular formula is C109H113F5N16O9S7. The predicted molar refractivity (Wildman–Crippen MR) is 593 cm³/mol. The van der Waals surface area contributed by atoms with Gasteiger partial charge in [0.2, 0.25) is 9.84 Å². The lowest BCUT2D eigenvalue weighted by Gasteiger charge is -2.21. The van der Waals surface area contributed by atoms with Crippen LogP contribution in [0.15, 0.2) is 346 Å². The van der Waals surface area contributed by atoms with E-state index in [0.29, 0.717) is 104 Å². The Morgan fingerprint density at radius 2 is 0.760 bits per heavy atom. The molecule has 12 aromatic rings. The predicted octanol–water partition coefficient (Wildman–Crippen LogP) is 21.0. The number of likely N-dealkylation sites (N-methyl/N-ethyl adjacent to an activating group) is 2. The highest BCUT2D eigenvalue weighted by Crippen LogP contribution is 2.26. The first kappa shape index (κ1) is 116. The molecule has 0 bridgehead atoms. The molecule has 12 aromatic carbocycles. The lowest BCUT2D eigenvalue weighted by Crippen LogP contribution is -2.38. The molecule has 37 heteroatoms. The van der Waals surface area contributed by atoms with E-state index in [2.05, 4.69) is 92.1 Å². The van der Waals surface area contributed by atoms with E-state index < -0.39 is 33.1 Å². The number of benzene rings is 12. The van der Waals surface area contributed by atoms with Crippen LogP contribution in [0.1, 0.15) is 112 Å². The molecule has 0 radical (unpaired) electrons. The fraction of sp³-hybridized carbons (Fsp3) is 0.193. The topological polar surface area (TPSA) is 286 Å². The Kier molecular flexibility index (Phi) is 49.2. The summed E-state index contributed by atoms with van der Waals surface area (Å²) in [5.74, 6) is 0.162. The third kappa shape index (κ3) is 41.0. The average molecular weight is 2110 g/mol. The van der Waals surface area contributed by atoms with Crippen molar-refractivity contribution in [2.75, 3.05) is 67.7 Å². The molecule has 146 heavy (non-hydrogen) atoms. The highest BCUT2D eigenvalue weighted by molar-refractivity contribution is 8.22. The molecule has 0 saturated heterocycles. The summed E-state index contributed by atoms with van der Waals surface area (Å²) in [5.41, 5.74) is 27.8. The number of esters is 1. The van der Waals surface area contributed by atoms with Gasteiger partial charge in [0.25, 0.3) is 0 Å². The molecule has 0 unspecified atom stereocenters. The number of halogens is 5. The average Bonchev–Trinajstić information content (AvgIpc) is 0.803. The summed E-state index contributed by atoms with van der Waals surface area (Å²) in [6.07, 6.45) is 5.33. The third-order valence-corrected chi connectivity index (χ3v) is 24.8. The maximum Gasteiger partial charge on any atom is 0.337 e. The first-order chi connectivity index (χ1) is 70.1. The van der Waals surface area contributed by atoms with Gasteiger partial charge in [0.1, 0.15) is 90.9 Å². The molecule has 0 amide bonds. The van der Waals surface area contributed by atoms with Crippen molar-refractivity contribution < 1.29 is 63.6 Å². The van der Waals surface area contributed by atoms with Gasteiger partial charge in [-0.25, -0.2) is 35.2 Å². The minimum Gasteiger partial charge on any atom is -0.489 e. The number of thiocarbonyl (C=S) groups is 5. The van der Waals surface area contributed by atoms with Crippen LogP contribution < -0.4 is 61.4 Å². The molecular weight excluding hydrogens is 2000 g/mol. The fourth-order valence-corrected chi connectivity index (χ4v) is 14.2. The van der Waals surface area contributed by atoms with E-state index >= 15 is 0 Å². The first-order valence-corrected chi connectivity index (χ1v) is 49.7. The molecule has 0 aliphatic rings. The number of methoxy groups -OCH3 is 1. The zero-order valence-electron chi connectivity index (χ0n) is 82.2. The SMILES string of the molecule is C/C(=N\NC(=S)N(C)CCN(C)C)c1ccc(OCc2ccc(F)cc2F)cc1.C/C(=N\NC(=S)N(C)Cc1cccc(F)c1)c1ccc(OCc2ccc(F)cc2F)cc1.C=CCNC(=S)N/N=C(\C)c1ccc(OCc2ccc(S(=O)(=O)c3ccccc3)cc2)cc1.C=CCNC(=S)N/N=C(\C)c1ccc(OCc2ccccc2C#N)cc1.COC(=O)c1ccc(COc2ccc(/C(C)=N/NC(=S)SC)cc2)cc1. The molecule has 0 aliphatic heterocycles. The van der Waals surface area contributed by atoms with Crippen LogP contribution in [0.2, 0.25) is 0 Å². The van der Waals surface area contributed by atoms with E-state index in [1.54, 1.807) is 127 Å². The van der Waals surface area contributed by atoms with Crippen LogP contribution >= 0.6 is 72.9 Å². The van der Waals surface area contributed by atoms with Gasteiger partial charge in [-0.1, -0.05) is 109 Å². The van der Waals surface area contributed by atoms with Gasteiger partial charge in [-0.3, -0.25) is 27.1 Å². The number of nitrogens with one attached hydrogen (secondary N) is 7. The van der Waals surface area contributed by atoms with E-state index in [-0.39, 0.29) is 40.4 Å². The minimum atomic E-state index is -3.52. The summed E-state index contributed by atoms with van der Waals surface area (Å²) in [7, 11) is 5.57. The summed E-state index contributed by atoms with van der Waals surface area (Å²) in [5, 5.41) is 38.2. The van der Waals surface area contributed by atoms with Crippen LogP contribution in [0.3, 0.4) is 0 Å². The van der Waals surface area contributed by atoms with E-state index in [4.69, 9.17) is 90.0 Å². The third-order valence-electron chi connectivity index (χ3n) is 20.7. The van der Waals surface area contributed by atoms with Crippen LogP contribution in [0.25, 0.3) is 0 Å². The number of hydrazone groups is 5. The molecule has 0 aromatic heterocycles. The minimum absolute atomic E-state index is 0.00793. The Labute approximate surface area is 880 Å². The van der Waals surface area contributed by atoms with Crippen molar-refractivity contribution in [2.45, 2.75) is 84.0 Å². The summed E-state index contributed by atoms with van der Waals surface area (Å²) >= 11 is 27.4. The van der Waals surface area contributed by atoms with Crippen LogP contribution in [-0.2, 0) is 54.2 Å². The van der Waals surface area contributed by atoms with Gasteiger partial charge >= 0.3 is 5.97 Å². The molecule has 0 heterocycles. The van der Waals surface area contributed by atoms with Crippen LogP contribution in [0.5, 0.6) is 28.7 Å². The standard InChI is InChI=1S/C25H25N3O3S2.C24H22F3N3OS.C21H26F2N4OS.C20H20N4OS.C19H20N2O3S2/c1-3-17-26-25(32)28-27-19(2)21-11-13-22(14-12-21)31-18-20-9-15-24(16-10-20)33(29,30)23-7-5-4-6-8-23;1-16(28-29-24(32)30(2)14-17-4-3-5-20(25)12-17)18-7-10-22(11-8-18)31-15-19-6-9-21(26)13-23(19)27;1-15(24-25-21(29)27(4)12-11-26(2)3)16-6-9-19(10-7-16)28-14-17-5-8-18(22)13-20(17)23;1-3-12-22-20(26)24-23-15(2)16-8-10-19(11-9-16)25-14-18-7-5-4-6-17(18)13-21;1-13(20-21-19(25)26-3)15-8-10-17(11-9-15)24-12-14-4-6-16(7-5-14)18(22)23-2/h3-16H,1,17-18H2,2H3,(H2,26,28,32);3-13H,14-15H2,1-2H3,(H,29,32);5-10,13H,11-12,14H2,1-4H3,(H,25,29);3-11H,1,12,14H2,2H3,(H2,22,24,26);4-11H,12H2,1-3H3,(H,21,25)/b27-19+;28-16+;24-15+;23-15+;20-13+. The number of nitriles is 1. The molecule has 7 N–H and O–H groups in total. The van der Waals surface area contributed by atoms with Crippen LogP contribution in [-0.4, -0.2) is 150 Å². The Hall–Kier alpha value is -15.0. The summed E-state index contributed by atoms with van der Waals surface area (Å²) < 4.78 is 126. The van der Waals surface area contributed by atoms with Gasteiger partial charge in [-0.2, -0.15) is 30.8 Å². The largest absolute Gasteiger partial charge is 0.489 e. The highest BCUT2D eigenvalue weighted by atomic mass is 32.2. The van der Waals surface area contributed by atoms with Crippen molar-refractivity contribution in [1.82, 2.24) is 52.5 Å². The van der Waals surface area contributed by atoms with Crippen molar-refractivity contribution in [3.8, 4) is 34.8 Å². The smallest absolute Gasteiger partial charge is 0.337 e. The Morgan fingerprint density at radius 3 is 1.14 bits per heavy atom. The van der Waals surface area contributed by atoms with Gasteiger partial charge < -0.3 is 53.8 Å². The normalized spacial score (nSPS) is 11.2. The van der Waals surface area contributed by atoms with Crippen molar-refractivity contribution in [1.29, 1.82) is 5.26 Å². The monoisotopic (exact) mass is 2110 g/mol. The van der Waals surface area contributed by atoms with Crippen LogP contribution in [0, 0.1) is 40.4 Å². The number of ether oxygens (including phenoxy) is 6. The highest BCUT2D eigenvalue weighted by Gasteiger charge is 2.19. The number of hydrogen-bond donors (Lipinski definition) is 7. The van der Waals surface area contributed by atoms with Crippen molar-refractivity contribution in [3.05, 3.63) is 412 Å². The summed E-state index contributed by atoms with van der Waals surface area (Å²) in [6.45, 7) is 21.0. The number of thioether (sulfide) groups is 1. The number of nitrogens with zero attached hydrogens (tertiary/aromatic N) is 9. The maximum atomic E-state index is 13.7. The van der Waals surface area contributed by atoms with Gasteiger partial charge in [-0.15, -0.1) is 13.2 Å². The summed E-state index contributed by atoms with van der Waals surface area (Å²) in [6, 6.07) is 82.1. The van der Waals surface area contributed by atoms with Gasteiger partial charge in [0, 0.05) is 75.6 Å². The quantitative estimate of drug-likeness (QED) is 0.00476. The Bertz CT molecular complexity index is 6680. The zero-order valence-corrected chi connectivity index (χ0v) is 87.9. The fourth-order valence-electron chi connectivity index (χ4n) is 12.2. The second-order valence-electron chi connectivity index (χ2n) is 31.8. The molecule has 12 rings (SSSR count). The van der Waals surface area contributed by atoms with Crippen molar-refractivity contribution >= 4 is 142 Å². The van der Waals surface area contributed by atoms with E-state index in [1.165, 1.54) is 55.3 Å². The molecule has 0 atom stereocenters. The van der Waals surface area contributed by atoms with Gasteiger partial charge in [-0.05, 0) is 349 Å². The molecule has 0 saturated carbocycles. The second-order valence-corrected chi connectivity index (χ2v) is 36.8. The lowest BCUT2D eigenvalue weighted by molar-refractivity contribution is 0.0600. The zero-order chi connectivity index (χ0) is 106. The first-order valence-electron chi connectivity index (χ1n) is 45.0. The van der Waals surface area contributed by atoms with E-state index in [1.807, 2.05) is 200 Å². The Morgan fingerprint density at radius 1 is 0.404 bits per heavy atom. The molecule has 760 valence electrons. The number of hydrogen-bond acceptors (Lipinski definition) is 22. The Balaban J connectivity index is 0.000000223. The number of sulfone groups is 1. The van der Waals surface area contributed by atoms with Crippen molar-refractivity contribution in [3.63, 3.8) is 0 Å². The van der Waals surface area contributed by atoms with E-state index in [0.717, 1.165) is 110 Å². The van der Waals surface area contributed by atoms with E-state index in [9.17, 15) is 35.2 Å². The number of carbonyl (C=O) groups is 1. The second kappa shape index (κ2) is 61.9. The number of carbonyl (C=O) groups excluding carboxylic acids is 1. The molecule has 0 spiro atoms. The molecule has 0 aliphatic carbocycles.